The van der Waals surface area contributed by atoms with E-state index in [2.05, 4.69) is 22.9 Å². The maximum atomic E-state index is 13.2. The molecule has 1 N–H and O–H groups in total. The van der Waals surface area contributed by atoms with Gasteiger partial charge in [-0.2, -0.15) is 0 Å². The molecule has 1 fully saturated rings. The molecule has 0 spiro atoms. The Labute approximate surface area is 356 Å². The number of phosphoric ester groups is 3. The van der Waals surface area contributed by atoms with Crippen LogP contribution in [0.15, 0.2) is 0 Å². The molecular formula is C23H45Na4O15P3. The third kappa shape index (κ3) is 29.4. The molecule has 4 atom stereocenters. The second-order valence-electron chi connectivity index (χ2n) is 9.65. The van der Waals surface area contributed by atoms with Gasteiger partial charge < -0.3 is 52.3 Å². The Morgan fingerprint density at radius 3 is 1.51 bits per heavy atom. The van der Waals surface area contributed by atoms with Crippen LogP contribution in [0.1, 0.15) is 90.9 Å². The maximum Gasteiger partial charge on any atom is 1.00 e. The van der Waals surface area contributed by atoms with E-state index in [4.69, 9.17) is 23.0 Å². The van der Waals surface area contributed by atoms with Crippen LogP contribution in [0.5, 0.6) is 0 Å². The van der Waals surface area contributed by atoms with Gasteiger partial charge in [0.2, 0.25) is 0 Å². The molecule has 1 heterocycles. The van der Waals surface area contributed by atoms with Crippen molar-refractivity contribution in [3.05, 3.63) is 0 Å². The Bertz CT molecular complexity index is 818. The maximum absolute atomic E-state index is 13.2. The van der Waals surface area contributed by atoms with Crippen LogP contribution in [0.4, 0.5) is 0 Å². The minimum atomic E-state index is -5.74. The Morgan fingerprint density at radius 1 is 0.644 bits per heavy atom. The molecule has 0 unspecified atom stereocenters. The third-order valence-electron chi connectivity index (χ3n) is 6.03. The molecule has 1 saturated heterocycles. The van der Waals surface area contributed by atoms with Gasteiger partial charge >= 0.3 is 126 Å². The first-order valence-corrected chi connectivity index (χ1v) is 18.5. The summed E-state index contributed by atoms with van der Waals surface area (Å²) in [5.41, 5.74) is 0. The fourth-order valence-electron chi connectivity index (χ4n) is 3.98. The van der Waals surface area contributed by atoms with Crippen LogP contribution in [0.2, 0.25) is 0 Å². The van der Waals surface area contributed by atoms with Crippen molar-refractivity contribution < 1.29 is 189 Å². The van der Waals surface area contributed by atoms with Crippen LogP contribution in [0.3, 0.4) is 0 Å². The van der Waals surface area contributed by atoms with Gasteiger partial charge in [0.05, 0.1) is 48.7 Å². The summed E-state index contributed by atoms with van der Waals surface area (Å²) in [5.74, 6) is 0. The van der Waals surface area contributed by atoms with E-state index < -0.39 is 54.7 Å². The third-order valence-corrected chi connectivity index (χ3v) is 8.56. The fourth-order valence-corrected chi connectivity index (χ4v) is 6.28. The molecular weight excluding hydrogens is 701 g/mol. The van der Waals surface area contributed by atoms with Crippen LogP contribution in [-0.2, 0) is 45.8 Å². The number of ether oxygens (including phenoxy) is 2. The van der Waals surface area contributed by atoms with E-state index in [1.807, 2.05) is 0 Å². The molecule has 0 aromatic heterocycles. The smallest absolute Gasteiger partial charge is 0.790 e. The van der Waals surface area contributed by atoms with E-state index in [0.717, 1.165) is 64.2 Å². The SMILES string of the molecule is CCCCCCCCOP(=O)(OCCCCCCCC)OCCO[C@H]1OC[C@@H](OP(=O)([O-])[O-])[C@H](OP(=O)([O-])[O-])[C@H]1O.[Na+].[Na+].[Na+].[Na+]. The van der Waals surface area contributed by atoms with Crippen LogP contribution < -0.4 is 138 Å². The summed E-state index contributed by atoms with van der Waals surface area (Å²) >= 11 is 0. The molecule has 1 rings (SSSR count). The average molecular weight is 746 g/mol. The number of aliphatic hydroxyl groups is 1. The average Bonchev–Trinajstić information content (AvgIpc) is 2.87. The Balaban J connectivity index is -0.00000210. The zero-order chi connectivity index (χ0) is 30.8. The topological polar surface area (TPSA) is 228 Å². The molecule has 1 aliphatic heterocycles. The van der Waals surface area contributed by atoms with Crippen molar-refractivity contribution in [1.82, 2.24) is 0 Å². The summed E-state index contributed by atoms with van der Waals surface area (Å²) in [7, 11) is -15.3. The molecule has 22 heteroatoms. The second kappa shape index (κ2) is 31.7. The molecule has 0 aliphatic carbocycles. The number of hydrogen-bond acceptors (Lipinski definition) is 15. The van der Waals surface area contributed by atoms with Crippen LogP contribution in [-0.4, -0.2) is 62.7 Å². The summed E-state index contributed by atoms with van der Waals surface area (Å²) in [6.45, 7) is 3.11. The molecule has 0 bridgehead atoms. The number of unbranched alkanes of at least 4 members (excludes halogenated alkanes) is 10. The second-order valence-corrected chi connectivity index (χ2v) is 13.5. The summed E-state index contributed by atoms with van der Waals surface area (Å²) in [6, 6.07) is 0. The zero-order valence-electron chi connectivity index (χ0n) is 27.8. The van der Waals surface area contributed by atoms with Crippen molar-refractivity contribution in [3.63, 3.8) is 0 Å². The molecule has 15 nitrogen and oxygen atoms in total. The Kier molecular flexibility index (Phi) is 39.4. The molecule has 0 aromatic carbocycles. The van der Waals surface area contributed by atoms with E-state index in [1.165, 1.54) is 0 Å². The van der Waals surface area contributed by atoms with Crippen molar-refractivity contribution in [2.75, 3.05) is 33.0 Å². The van der Waals surface area contributed by atoms with E-state index >= 15 is 0 Å². The van der Waals surface area contributed by atoms with Crippen molar-refractivity contribution in [3.8, 4) is 0 Å². The minimum absolute atomic E-state index is 0. The number of rotatable bonds is 25. The van der Waals surface area contributed by atoms with E-state index in [-0.39, 0.29) is 145 Å². The summed E-state index contributed by atoms with van der Waals surface area (Å²) in [4.78, 5) is 44.0. The Morgan fingerprint density at radius 2 is 1.07 bits per heavy atom. The van der Waals surface area contributed by atoms with Crippen molar-refractivity contribution in [2.45, 2.75) is 115 Å². The molecule has 45 heavy (non-hydrogen) atoms. The van der Waals surface area contributed by atoms with Gasteiger partial charge in [0, 0.05) is 0 Å². The van der Waals surface area contributed by atoms with E-state index in [1.54, 1.807) is 0 Å². The first-order valence-electron chi connectivity index (χ1n) is 14.2. The number of hydrogen-bond donors (Lipinski definition) is 1. The predicted molar refractivity (Wildman–Crippen MR) is 139 cm³/mol. The van der Waals surface area contributed by atoms with Gasteiger partial charge in [-0.05, 0) is 12.8 Å². The molecule has 0 saturated carbocycles. The standard InChI is InChI=1S/C23H49O15P3.4Na/c1-3-5-7-9-11-13-15-34-41(31,35-16-14-12-10-8-6-4-2)36-18-17-32-23-21(24)22(38-40(28,29)30)20(19-33-23)37-39(25,26)27;;;;/h20-24H,3-19H2,1-2H3,(H2,25,26,27)(H2,28,29,30);;;;/q;4*+1/p-4/t20-,21-,22+,23+;;;;/m1..../s1. The van der Waals surface area contributed by atoms with Crippen molar-refractivity contribution in [2.24, 2.45) is 0 Å². The number of phosphoric acid groups is 3. The first-order chi connectivity index (χ1) is 19.3. The fraction of sp³-hybridized carbons (Fsp3) is 1.00. The van der Waals surface area contributed by atoms with Crippen molar-refractivity contribution in [1.29, 1.82) is 0 Å². The van der Waals surface area contributed by atoms with Gasteiger partial charge in [-0.25, -0.2) is 4.57 Å². The van der Waals surface area contributed by atoms with Gasteiger partial charge in [-0.1, -0.05) is 78.1 Å². The molecule has 246 valence electrons. The zero-order valence-corrected chi connectivity index (χ0v) is 38.5. The molecule has 0 radical (unpaired) electrons. The summed E-state index contributed by atoms with van der Waals surface area (Å²) in [6.07, 6.45) is 4.29. The molecule has 1 aliphatic rings. The van der Waals surface area contributed by atoms with Gasteiger partial charge in [0.25, 0.3) is 0 Å². The van der Waals surface area contributed by atoms with Gasteiger partial charge in [0.15, 0.2) is 6.29 Å². The predicted octanol–water partition coefficient (Wildman–Crippen LogP) is -9.96. The molecule has 0 aromatic rings. The van der Waals surface area contributed by atoms with Gasteiger partial charge in [-0.15, -0.1) is 0 Å². The summed E-state index contributed by atoms with van der Waals surface area (Å²) < 4.78 is 70.3. The van der Waals surface area contributed by atoms with Crippen molar-refractivity contribution >= 4 is 23.5 Å². The van der Waals surface area contributed by atoms with Crippen LogP contribution >= 0.6 is 23.5 Å². The Hall–Kier alpha value is 4.21. The van der Waals surface area contributed by atoms with Gasteiger partial charge in [-0.3, -0.25) is 13.6 Å². The van der Waals surface area contributed by atoms with E-state index in [9.17, 15) is 38.4 Å². The first kappa shape index (κ1) is 56.0. The monoisotopic (exact) mass is 746 g/mol. The normalized spacial score (nSPS) is 20.3. The van der Waals surface area contributed by atoms with Gasteiger partial charge in [0.1, 0.15) is 18.3 Å². The summed E-state index contributed by atoms with van der Waals surface area (Å²) in [5, 5.41) is 10.4. The quantitative estimate of drug-likeness (QED) is 0.0520. The molecule has 0 amide bonds. The number of aliphatic hydroxyl groups excluding tert-OH is 1. The van der Waals surface area contributed by atoms with Crippen LogP contribution in [0, 0.1) is 0 Å². The minimum Gasteiger partial charge on any atom is -0.790 e. The van der Waals surface area contributed by atoms with E-state index in [0.29, 0.717) is 12.8 Å². The van der Waals surface area contributed by atoms with Crippen LogP contribution in [0.25, 0.3) is 0 Å². The largest absolute Gasteiger partial charge is 1.00 e.